The van der Waals surface area contributed by atoms with E-state index < -0.39 is 0 Å². The molecule has 0 saturated heterocycles. The summed E-state index contributed by atoms with van der Waals surface area (Å²) in [6.45, 7) is 0. The number of aromatic nitrogens is 1. The van der Waals surface area contributed by atoms with Gasteiger partial charge in [0, 0.05) is 5.56 Å². The summed E-state index contributed by atoms with van der Waals surface area (Å²) in [5.41, 5.74) is 12.4. The van der Waals surface area contributed by atoms with Crippen molar-refractivity contribution in [3.05, 3.63) is 42.5 Å². The first kappa shape index (κ1) is 11.9. The number of methoxy groups -OCH3 is 1. The second-order valence-corrected chi connectivity index (χ2v) is 3.65. The standard InChI is InChI=1S/C13H14N4O/c1-18-10-5-2-4-9(8-10)11-6-3-7-12(16-11)17-13(14)15/h2-8H,1H3,(H4,14,15,16,17). The Morgan fingerprint density at radius 3 is 2.67 bits per heavy atom. The van der Waals surface area contributed by atoms with Crippen LogP contribution in [0.3, 0.4) is 0 Å². The molecule has 0 aliphatic heterocycles. The Hall–Kier alpha value is -2.56. The fraction of sp³-hybridized carbons (Fsp3) is 0.0769. The third-order valence-corrected chi connectivity index (χ3v) is 2.34. The van der Waals surface area contributed by atoms with Crippen molar-refractivity contribution in [2.75, 3.05) is 7.11 Å². The highest BCUT2D eigenvalue weighted by molar-refractivity contribution is 5.78. The first-order valence-corrected chi connectivity index (χ1v) is 5.40. The lowest BCUT2D eigenvalue weighted by Crippen LogP contribution is -2.22. The minimum atomic E-state index is -0.00899. The van der Waals surface area contributed by atoms with Crippen LogP contribution in [0.2, 0.25) is 0 Å². The van der Waals surface area contributed by atoms with Crippen LogP contribution in [0, 0.1) is 0 Å². The van der Waals surface area contributed by atoms with E-state index in [1.165, 1.54) is 0 Å². The molecule has 0 amide bonds. The van der Waals surface area contributed by atoms with Crippen molar-refractivity contribution in [3.8, 4) is 17.0 Å². The van der Waals surface area contributed by atoms with Gasteiger partial charge in [-0.3, -0.25) is 0 Å². The highest BCUT2D eigenvalue weighted by Crippen LogP contribution is 2.23. The number of aliphatic imine (C=N–C) groups is 1. The Kier molecular flexibility index (Phi) is 3.43. The zero-order chi connectivity index (χ0) is 13.0. The molecule has 0 atom stereocenters. The normalized spacial score (nSPS) is 9.83. The summed E-state index contributed by atoms with van der Waals surface area (Å²) in [6, 6.07) is 13.1. The predicted molar refractivity (Wildman–Crippen MR) is 71.7 cm³/mol. The molecular weight excluding hydrogens is 228 g/mol. The van der Waals surface area contributed by atoms with Crippen LogP contribution in [0.25, 0.3) is 11.3 Å². The van der Waals surface area contributed by atoms with Gasteiger partial charge in [-0.2, -0.15) is 4.99 Å². The molecule has 2 aromatic rings. The molecule has 1 heterocycles. The molecule has 0 unspecified atom stereocenters. The van der Waals surface area contributed by atoms with Crippen molar-refractivity contribution in [1.82, 2.24) is 4.98 Å². The van der Waals surface area contributed by atoms with Crippen molar-refractivity contribution < 1.29 is 4.74 Å². The van der Waals surface area contributed by atoms with Gasteiger partial charge in [0.2, 0.25) is 0 Å². The van der Waals surface area contributed by atoms with Crippen LogP contribution in [0.5, 0.6) is 5.75 Å². The second-order valence-electron chi connectivity index (χ2n) is 3.65. The number of hydrogen-bond acceptors (Lipinski definition) is 3. The lowest BCUT2D eigenvalue weighted by atomic mass is 10.1. The Morgan fingerprint density at radius 2 is 1.94 bits per heavy atom. The van der Waals surface area contributed by atoms with Crippen molar-refractivity contribution in [3.63, 3.8) is 0 Å². The van der Waals surface area contributed by atoms with E-state index in [1.807, 2.05) is 36.4 Å². The van der Waals surface area contributed by atoms with Crippen LogP contribution < -0.4 is 16.2 Å². The molecule has 0 saturated carbocycles. The number of hydrogen-bond donors (Lipinski definition) is 2. The number of rotatable bonds is 3. The van der Waals surface area contributed by atoms with Crippen molar-refractivity contribution in [2.45, 2.75) is 0 Å². The van der Waals surface area contributed by atoms with Gasteiger partial charge in [0.25, 0.3) is 0 Å². The van der Waals surface area contributed by atoms with Gasteiger partial charge < -0.3 is 16.2 Å². The molecule has 92 valence electrons. The third-order valence-electron chi connectivity index (χ3n) is 2.34. The van der Waals surface area contributed by atoms with Crippen LogP contribution in [0.15, 0.2) is 47.5 Å². The number of nitrogens with two attached hydrogens (primary N) is 2. The number of ether oxygens (including phenoxy) is 1. The predicted octanol–water partition coefficient (Wildman–Crippen LogP) is 1.66. The lowest BCUT2D eigenvalue weighted by molar-refractivity contribution is 0.415. The van der Waals surface area contributed by atoms with Gasteiger partial charge in [0.15, 0.2) is 11.8 Å². The van der Waals surface area contributed by atoms with Crippen LogP contribution in [-0.4, -0.2) is 18.1 Å². The largest absolute Gasteiger partial charge is 0.497 e. The van der Waals surface area contributed by atoms with E-state index in [1.54, 1.807) is 13.2 Å². The summed E-state index contributed by atoms with van der Waals surface area (Å²) < 4.78 is 5.18. The van der Waals surface area contributed by atoms with E-state index in [9.17, 15) is 0 Å². The van der Waals surface area contributed by atoms with Crippen molar-refractivity contribution >= 4 is 11.8 Å². The zero-order valence-corrected chi connectivity index (χ0v) is 10.00. The minimum Gasteiger partial charge on any atom is -0.497 e. The summed E-state index contributed by atoms with van der Waals surface area (Å²) in [6.07, 6.45) is 0. The Labute approximate surface area is 105 Å². The molecule has 4 N–H and O–H groups in total. The molecule has 18 heavy (non-hydrogen) atoms. The molecule has 1 aromatic carbocycles. The third kappa shape index (κ3) is 2.76. The maximum Gasteiger partial charge on any atom is 0.192 e. The van der Waals surface area contributed by atoms with E-state index in [0.29, 0.717) is 5.82 Å². The molecule has 5 nitrogen and oxygen atoms in total. The second kappa shape index (κ2) is 5.18. The number of pyridine rings is 1. The monoisotopic (exact) mass is 242 g/mol. The molecule has 0 spiro atoms. The lowest BCUT2D eigenvalue weighted by Gasteiger charge is -2.04. The zero-order valence-electron chi connectivity index (χ0n) is 10.00. The van der Waals surface area contributed by atoms with E-state index in [4.69, 9.17) is 16.2 Å². The van der Waals surface area contributed by atoms with E-state index in [0.717, 1.165) is 17.0 Å². The average Bonchev–Trinajstić information content (AvgIpc) is 2.38. The molecular formula is C13H14N4O. The summed E-state index contributed by atoms with van der Waals surface area (Å²) in [4.78, 5) is 8.27. The topological polar surface area (TPSA) is 86.5 Å². The van der Waals surface area contributed by atoms with E-state index >= 15 is 0 Å². The SMILES string of the molecule is COc1cccc(-c2cccc(N=C(N)N)n2)c1. The first-order valence-electron chi connectivity index (χ1n) is 5.40. The molecule has 5 heteroatoms. The van der Waals surface area contributed by atoms with Crippen LogP contribution in [0.4, 0.5) is 5.82 Å². The molecule has 0 radical (unpaired) electrons. The molecule has 0 aliphatic rings. The average molecular weight is 242 g/mol. The minimum absolute atomic E-state index is 0.00899. The van der Waals surface area contributed by atoms with Gasteiger partial charge in [-0.25, -0.2) is 4.98 Å². The maximum atomic E-state index is 5.33. The molecule has 1 aromatic heterocycles. The van der Waals surface area contributed by atoms with Gasteiger partial charge in [-0.1, -0.05) is 18.2 Å². The molecule has 0 bridgehead atoms. The van der Waals surface area contributed by atoms with E-state index in [2.05, 4.69) is 9.98 Å². The number of guanidine groups is 1. The summed E-state index contributed by atoms with van der Waals surface area (Å²) >= 11 is 0. The van der Waals surface area contributed by atoms with Gasteiger partial charge in [0.1, 0.15) is 5.75 Å². The fourth-order valence-corrected chi connectivity index (χ4v) is 1.56. The molecule has 0 aliphatic carbocycles. The highest BCUT2D eigenvalue weighted by atomic mass is 16.5. The Morgan fingerprint density at radius 1 is 1.17 bits per heavy atom. The fourth-order valence-electron chi connectivity index (χ4n) is 1.56. The highest BCUT2D eigenvalue weighted by Gasteiger charge is 2.02. The maximum absolute atomic E-state index is 5.33. The van der Waals surface area contributed by atoms with Crippen molar-refractivity contribution in [2.24, 2.45) is 16.5 Å². The van der Waals surface area contributed by atoms with Gasteiger partial charge in [-0.15, -0.1) is 0 Å². The van der Waals surface area contributed by atoms with Crippen LogP contribution in [0.1, 0.15) is 0 Å². The van der Waals surface area contributed by atoms with Crippen LogP contribution in [-0.2, 0) is 0 Å². The summed E-state index contributed by atoms with van der Waals surface area (Å²) in [5.74, 6) is 1.25. The number of nitrogens with zero attached hydrogens (tertiary/aromatic N) is 2. The van der Waals surface area contributed by atoms with Gasteiger partial charge in [0.05, 0.1) is 12.8 Å². The summed E-state index contributed by atoms with van der Waals surface area (Å²) in [5, 5.41) is 0. The first-order chi connectivity index (χ1) is 8.69. The Balaban J connectivity index is 2.41. The number of benzene rings is 1. The molecule has 2 rings (SSSR count). The van der Waals surface area contributed by atoms with Gasteiger partial charge >= 0.3 is 0 Å². The smallest absolute Gasteiger partial charge is 0.192 e. The molecule has 0 fully saturated rings. The van der Waals surface area contributed by atoms with Crippen molar-refractivity contribution in [1.29, 1.82) is 0 Å². The summed E-state index contributed by atoms with van der Waals surface area (Å²) in [7, 11) is 1.63. The quantitative estimate of drug-likeness (QED) is 0.633. The Bertz CT molecular complexity index is 577. The van der Waals surface area contributed by atoms with Gasteiger partial charge in [-0.05, 0) is 24.3 Å². The van der Waals surface area contributed by atoms with E-state index in [-0.39, 0.29) is 5.96 Å². The van der Waals surface area contributed by atoms with Crippen LogP contribution >= 0.6 is 0 Å².